The SMILES string of the molecule is Cc1ccc(S(=O)(=O)N2CCc3c4n(c5ccccc35)C(=O)CCC42)cc1. The van der Waals surface area contributed by atoms with E-state index in [4.69, 9.17) is 0 Å². The van der Waals surface area contributed by atoms with E-state index in [2.05, 4.69) is 0 Å². The number of carbonyl (C=O) groups excluding carboxylic acids is 1. The van der Waals surface area contributed by atoms with Gasteiger partial charge in [-0.05, 0) is 43.5 Å². The van der Waals surface area contributed by atoms with Gasteiger partial charge >= 0.3 is 0 Å². The Bertz CT molecular complexity index is 1180. The van der Waals surface area contributed by atoms with Crippen LogP contribution in [-0.2, 0) is 16.4 Å². The van der Waals surface area contributed by atoms with Gasteiger partial charge in [0.15, 0.2) is 0 Å². The van der Waals surface area contributed by atoms with Crippen LogP contribution in [0, 0.1) is 6.92 Å². The standard InChI is InChI=1S/C21H20N2O3S/c1-14-6-8-15(9-7-14)27(25,26)22-13-12-17-16-4-2-3-5-18(16)23-20(24)11-10-19(22)21(17)23/h2-9,19H,10-13H2,1H3. The van der Waals surface area contributed by atoms with Crippen molar-refractivity contribution in [3.63, 3.8) is 0 Å². The Morgan fingerprint density at radius 1 is 1.00 bits per heavy atom. The molecule has 1 aromatic heterocycles. The number of aromatic nitrogens is 1. The van der Waals surface area contributed by atoms with Crippen molar-refractivity contribution in [1.29, 1.82) is 0 Å². The average Bonchev–Trinajstić information content (AvgIpc) is 3.01. The van der Waals surface area contributed by atoms with E-state index < -0.39 is 10.0 Å². The summed E-state index contributed by atoms with van der Waals surface area (Å²) in [7, 11) is -3.61. The Balaban J connectivity index is 1.69. The van der Waals surface area contributed by atoms with E-state index >= 15 is 0 Å². The van der Waals surface area contributed by atoms with E-state index in [1.807, 2.05) is 43.3 Å². The first-order chi connectivity index (χ1) is 13.0. The monoisotopic (exact) mass is 380 g/mol. The first-order valence-corrected chi connectivity index (χ1v) is 10.7. The summed E-state index contributed by atoms with van der Waals surface area (Å²) in [4.78, 5) is 13.0. The van der Waals surface area contributed by atoms with Gasteiger partial charge in [-0.2, -0.15) is 4.31 Å². The minimum atomic E-state index is -3.61. The van der Waals surface area contributed by atoms with Gasteiger partial charge < -0.3 is 0 Å². The van der Waals surface area contributed by atoms with Gasteiger partial charge in [0.05, 0.1) is 16.5 Å². The van der Waals surface area contributed by atoms with Gasteiger partial charge in [-0.15, -0.1) is 0 Å². The molecule has 0 spiro atoms. The Hall–Kier alpha value is -2.44. The molecule has 0 saturated carbocycles. The highest BCUT2D eigenvalue weighted by Gasteiger charge is 2.42. The number of hydrogen-bond donors (Lipinski definition) is 0. The molecule has 138 valence electrons. The van der Waals surface area contributed by atoms with E-state index in [0.29, 0.717) is 30.7 Å². The summed E-state index contributed by atoms with van der Waals surface area (Å²) < 4.78 is 30.0. The van der Waals surface area contributed by atoms with Crippen molar-refractivity contribution < 1.29 is 13.2 Å². The number of aryl methyl sites for hydroxylation is 1. The summed E-state index contributed by atoms with van der Waals surface area (Å²) in [6, 6.07) is 14.6. The van der Waals surface area contributed by atoms with Crippen LogP contribution in [0.5, 0.6) is 0 Å². The van der Waals surface area contributed by atoms with E-state index in [1.165, 1.54) is 0 Å². The molecule has 0 N–H and O–H groups in total. The molecule has 3 heterocycles. The van der Waals surface area contributed by atoms with Crippen molar-refractivity contribution in [3.05, 3.63) is 65.4 Å². The van der Waals surface area contributed by atoms with Gasteiger partial charge in [-0.3, -0.25) is 9.36 Å². The van der Waals surface area contributed by atoms with E-state index in [1.54, 1.807) is 21.0 Å². The number of benzene rings is 2. The molecule has 6 heteroatoms. The van der Waals surface area contributed by atoms with Gasteiger partial charge in [-0.1, -0.05) is 35.9 Å². The third-order valence-electron chi connectivity index (χ3n) is 5.77. The van der Waals surface area contributed by atoms with Crippen molar-refractivity contribution >= 4 is 26.8 Å². The molecule has 0 amide bonds. The zero-order valence-electron chi connectivity index (χ0n) is 15.1. The maximum atomic E-state index is 13.3. The number of fused-ring (bicyclic) bond motifs is 3. The van der Waals surface area contributed by atoms with Crippen LogP contribution in [0.1, 0.15) is 40.5 Å². The maximum Gasteiger partial charge on any atom is 0.243 e. The van der Waals surface area contributed by atoms with Crippen molar-refractivity contribution in [2.24, 2.45) is 0 Å². The van der Waals surface area contributed by atoms with E-state index in [9.17, 15) is 13.2 Å². The summed E-state index contributed by atoms with van der Waals surface area (Å²) in [5.74, 6) is 0.0540. The normalized spacial score (nSPS) is 20.0. The van der Waals surface area contributed by atoms with Crippen LogP contribution in [-0.4, -0.2) is 29.7 Å². The van der Waals surface area contributed by atoms with Crippen LogP contribution >= 0.6 is 0 Å². The topological polar surface area (TPSA) is 59.4 Å². The smallest absolute Gasteiger partial charge is 0.243 e. The molecule has 27 heavy (non-hydrogen) atoms. The summed E-state index contributed by atoms with van der Waals surface area (Å²) in [6.07, 6.45) is 1.51. The lowest BCUT2D eigenvalue weighted by molar-refractivity contribution is 0.0855. The Morgan fingerprint density at radius 3 is 2.52 bits per heavy atom. The van der Waals surface area contributed by atoms with Crippen molar-refractivity contribution in [3.8, 4) is 0 Å². The van der Waals surface area contributed by atoms with Gasteiger partial charge in [0, 0.05) is 24.0 Å². The molecule has 2 aromatic carbocycles. The fraction of sp³-hybridized carbons (Fsp3) is 0.286. The van der Waals surface area contributed by atoms with Crippen LogP contribution in [0.4, 0.5) is 0 Å². The lowest BCUT2D eigenvalue weighted by Crippen LogP contribution is -2.43. The first kappa shape index (κ1) is 16.7. The number of hydrogen-bond acceptors (Lipinski definition) is 3. The Labute approximate surface area is 158 Å². The molecule has 5 nitrogen and oxygen atoms in total. The molecule has 0 aliphatic carbocycles. The predicted octanol–water partition coefficient (Wildman–Crippen LogP) is 3.67. The molecule has 2 aliphatic heterocycles. The predicted molar refractivity (Wildman–Crippen MR) is 103 cm³/mol. The number of sulfonamides is 1. The molecule has 2 aliphatic rings. The first-order valence-electron chi connectivity index (χ1n) is 9.22. The second kappa shape index (κ2) is 5.78. The van der Waals surface area contributed by atoms with Crippen LogP contribution in [0.25, 0.3) is 10.9 Å². The number of para-hydroxylation sites is 1. The van der Waals surface area contributed by atoms with Crippen LogP contribution in [0.3, 0.4) is 0 Å². The Kier molecular flexibility index (Phi) is 3.58. The quantitative estimate of drug-likeness (QED) is 0.681. The summed E-state index contributed by atoms with van der Waals surface area (Å²) in [6.45, 7) is 2.38. The average molecular weight is 380 g/mol. The number of carbonyl (C=O) groups is 1. The lowest BCUT2D eigenvalue weighted by Gasteiger charge is -2.38. The summed E-state index contributed by atoms with van der Waals surface area (Å²) >= 11 is 0. The highest BCUT2D eigenvalue weighted by atomic mass is 32.2. The van der Waals surface area contributed by atoms with Crippen molar-refractivity contribution in [2.45, 2.75) is 37.1 Å². The third kappa shape index (κ3) is 2.33. The molecule has 0 bridgehead atoms. The van der Waals surface area contributed by atoms with E-state index in [-0.39, 0.29) is 11.9 Å². The van der Waals surface area contributed by atoms with Crippen LogP contribution < -0.4 is 0 Å². The molecular formula is C21H20N2O3S. The highest BCUT2D eigenvalue weighted by molar-refractivity contribution is 7.89. The molecule has 0 saturated heterocycles. The second-order valence-corrected chi connectivity index (χ2v) is 9.23. The number of nitrogens with zero attached hydrogens (tertiary/aromatic N) is 2. The molecule has 3 aromatic rings. The number of rotatable bonds is 2. The lowest BCUT2D eigenvalue weighted by atomic mass is 9.94. The molecule has 0 fully saturated rings. The largest absolute Gasteiger partial charge is 0.282 e. The summed E-state index contributed by atoms with van der Waals surface area (Å²) in [5.41, 5.74) is 3.92. The second-order valence-electron chi connectivity index (χ2n) is 7.34. The zero-order valence-corrected chi connectivity index (χ0v) is 15.9. The Morgan fingerprint density at radius 2 is 1.74 bits per heavy atom. The van der Waals surface area contributed by atoms with Crippen LogP contribution in [0.2, 0.25) is 0 Å². The van der Waals surface area contributed by atoms with Crippen molar-refractivity contribution in [2.75, 3.05) is 6.54 Å². The van der Waals surface area contributed by atoms with Gasteiger partial charge in [0.25, 0.3) is 0 Å². The molecule has 5 rings (SSSR count). The third-order valence-corrected chi connectivity index (χ3v) is 7.70. The fourth-order valence-electron chi connectivity index (χ4n) is 4.51. The molecule has 1 atom stereocenters. The highest BCUT2D eigenvalue weighted by Crippen LogP contribution is 2.44. The van der Waals surface area contributed by atoms with Gasteiger partial charge in [-0.25, -0.2) is 8.42 Å². The zero-order chi connectivity index (χ0) is 18.8. The molecule has 0 radical (unpaired) electrons. The van der Waals surface area contributed by atoms with Gasteiger partial charge in [0.1, 0.15) is 0 Å². The molecular weight excluding hydrogens is 360 g/mol. The maximum absolute atomic E-state index is 13.3. The van der Waals surface area contributed by atoms with Crippen LogP contribution in [0.15, 0.2) is 53.4 Å². The minimum absolute atomic E-state index is 0.0540. The fourth-order valence-corrected chi connectivity index (χ4v) is 6.13. The van der Waals surface area contributed by atoms with Crippen molar-refractivity contribution in [1.82, 2.24) is 8.87 Å². The molecule has 1 unspecified atom stereocenters. The van der Waals surface area contributed by atoms with Gasteiger partial charge in [0.2, 0.25) is 15.9 Å². The minimum Gasteiger partial charge on any atom is -0.282 e. The van der Waals surface area contributed by atoms with E-state index in [0.717, 1.165) is 27.7 Å². The summed E-state index contributed by atoms with van der Waals surface area (Å²) in [5, 5.41) is 1.07.